The minimum Gasteiger partial charge on any atom is -0.344 e. The number of hydrogen-bond donors (Lipinski definition) is 1. The second-order valence-electron chi connectivity index (χ2n) is 7.66. The van der Waals surface area contributed by atoms with E-state index in [4.69, 9.17) is 11.6 Å². The van der Waals surface area contributed by atoms with E-state index in [9.17, 15) is 9.59 Å². The van der Waals surface area contributed by atoms with Crippen molar-refractivity contribution in [1.82, 2.24) is 29.7 Å². The van der Waals surface area contributed by atoms with E-state index in [1.165, 1.54) is 17.0 Å². The lowest BCUT2D eigenvalue weighted by Gasteiger charge is -2.21. The largest absolute Gasteiger partial charge is 0.344 e. The van der Waals surface area contributed by atoms with Gasteiger partial charge in [0.1, 0.15) is 5.56 Å². The normalized spacial score (nSPS) is 12.2. The van der Waals surface area contributed by atoms with E-state index in [2.05, 4.69) is 20.5 Å². The van der Waals surface area contributed by atoms with Crippen LogP contribution in [0.2, 0.25) is 5.02 Å². The monoisotopic (exact) mass is 458 g/mol. The van der Waals surface area contributed by atoms with Crippen molar-refractivity contribution in [3.63, 3.8) is 0 Å². The van der Waals surface area contributed by atoms with Crippen LogP contribution in [-0.4, -0.2) is 30.3 Å². The Morgan fingerprint density at radius 1 is 1.09 bits per heavy atom. The molecule has 2 aromatic carbocycles. The Balaban J connectivity index is 1.64. The zero-order chi connectivity index (χ0) is 23.1. The number of nitrogens with zero attached hydrogens (tertiary/aromatic N) is 5. The molecule has 0 spiro atoms. The van der Waals surface area contributed by atoms with Crippen LogP contribution in [0.3, 0.4) is 0 Å². The van der Waals surface area contributed by atoms with Crippen LogP contribution in [0, 0.1) is 6.92 Å². The molecular weight excluding hydrogens is 440 g/mol. The number of nitrogens with one attached hydrogen (secondary N) is 1. The van der Waals surface area contributed by atoms with Crippen molar-refractivity contribution in [3.05, 3.63) is 99.3 Å². The van der Waals surface area contributed by atoms with E-state index in [1.807, 2.05) is 49.4 Å². The van der Waals surface area contributed by atoms with Gasteiger partial charge in [-0.1, -0.05) is 41.9 Å². The number of halogens is 1. The van der Waals surface area contributed by atoms with Gasteiger partial charge in [0.2, 0.25) is 0 Å². The number of carbonyl (C=O) groups excluding carboxylic acids is 1. The third-order valence-electron chi connectivity index (χ3n) is 5.52. The molecular formula is C24H19ClN6O2. The number of para-hydroxylation sites is 1. The summed E-state index contributed by atoms with van der Waals surface area (Å²) in [7, 11) is 0. The molecule has 0 aliphatic rings. The molecule has 5 rings (SSSR count). The molecule has 3 aromatic heterocycles. The van der Waals surface area contributed by atoms with Gasteiger partial charge in [0, 0.05) is 17.6 Å². The summed E-state index contributed by atoms with van der Waals surface area (Å²) in [5, 5.41) is 12.9. The van der Waals surface area contributed by atoms with Crippen molar-refractivity contribution in [3.8, 4) is 5.69 Å². The van der Waals surface area contributed by atoms with Gasteiger partial charge in [-0.15, -0.1) is 4.63 Å². The minimum absolute atomic E-state index is 0.251. The lowest BCUT2D eigenvalue weighted by atomic mass is 10.1. The number of rotatable bonds is 4. The van der Waals surface area contributed by atoms with Gasteiger partial charge in [-0.2, -0.15) is 10.2 Å². The first-order chi connectivity index (χ1) is 16.0. The highest BCUT2D eigenvalue weighted by molar-refractivity contribution is 6.35. The average molecular weight is 459 g/mol. The van der Waals surface area contributed by atoms with Gasteiger partial charge in [-0.3, -0.25) is 14.2 Å². The lowest BCUT2D eigenvalue weighted by molar-refractivity contribution is 0.0939. The molecule has 9 heteroatoms. The molecule has 0 bridgehead atoms. The molecule has 0 fully saturated rings. The topological polar surface area (TPSA) is 94.2 Å². The van der Waals surface area contributed by atoms with E-state index in [0.29, 0.717) is 44.1 Å². The molecule has 1 atom stereocenters. The van der Waals surface area contributed by atoms with E-state index >= 15 is 0 Å². The summed E-state index contributed by atoms with van der Waals surface area (Å²) in [4.78, 5) is 31.0. The number of fused-ring (bicyclic) bond motifs is 2. The molecule has 1 amide bonds. The number of amides is 1. The summed E-state index contributed by atoms with van der Waals surface area (Å²) >= 11 is 6.37. The molecule has 0 aliphatic carbocycles. The van der Waals surface area contributed by atoms with E-state index in [1.54, 1.807) is 23.6 Å². The van der Waals surface area contributed by atoms with Gasteiger partial charge in [0.05, 0.1) is 28.3 Å². The minimum atomic E-state index is -0.514. The average Bonchev–Trinajstić information content (AvgIpc) is 3.15. The van der Waals surface area contributed by atoms with Gasteiger partial charge in [0.25, 0.3) is 11.5 Å². The summed E-state index contributed by atoms with van der Waals surface area (Å²) in [6.07, 6.45) is 3.01. The van der Waals surface area contributed by atoms with Crippen LogP contribution in [0.4, 0.5) is 0 Å². The number of hydrogen-bond acceptors (Lipinski definition) is 5. The first-order valence-electron chi connectivity index (χ1n) is 10.3. The molecule has 0 unspecified atom stereocenters. The smallest absolute Gasteiger partial charge is 0.264 e. The Hall–Kier alpha value is -4.04. The van der Waals surface area contributed by atoms with E-state index in [-0.39, 0.29) is 11.5 Å². The van der Waals surface area contributed by atoms with Crippen LogP contribution in [-0.2, 0) is 0 Å². The second-order valence-corrected chi connectivity index (χ2v) is 8.07. The maximum absolute atomic E-state index is 13.6. The van der Waals surface area contributed by atoms with Crippen LogP contribution in [0.15, 0.2) is 71.8 Å². The number of pyridine rings is 1. The first-order valence-corrected chi connectivity index (χ1v) is 10.7. The summed E-state index contributed by atoms with van der Waals surface area (Å²) in [6.45, 7) is 3.56. The Morgan fingerprint density at radius 3 is 2.67 bits per heavy atom. The molecule has 1 N–H and O–H groups in total. The fourth-order valence-corrected chi connectivity index (χ4v) is 4.27. The number of benzene rings is 2. The Morgan fingerprint density at radius 2 is 1.88 bits per heavy atom. The van der Waals surface area contributed by atoms with E-state index in [0.717, 1.165) is 0 Å². The van der Waals surface area contributed by atoms with Gasteiger partial charge in [-0.05, 0) is 43.5 Å². The van der Waals surface area contributed by atoms with Crippen molar-refractivity contribution in [2.24, 2.45) is 0 Å². The summed E-state index contributed by atoms with van der Waals surface area (Å²) in [5.74, 6) is -0.353. The van der Waals surface area contributed by atoms with Crippen LogP contribution in [0.5, 0.6) is 0 Å². The predicted molar refractivity (Wildman–Crippen MR) is 126 cm³/mol. The van der Waals surface area contributed by atoms with Crippen molar-refractivity contribution >= 4 is 33.9 Å². The number of aromatic nitrogens is 5. The van der Waals surface area contributed by atoms with Crippen molar-refractivity contribution < 1.29 is 4.79 Å². The molecule has 164 valence electrons. The van der Waals surface area contributed by atoms with Crippen LogP contribution < -0.4 is 10.9 Å². The number of aryl methyl sites for hydroxylation is 1. The third-order valence-corrected chi connectivity index (χ3v) is 5.83. The molecule has 0 radical (unpaired) electrons. The van der Waals surface area contributed by atoms with Crippen molar-refractivity contribution in [2.75, 3.05) is 0 Å². The molecule has 8 nitrogen and oxygen atoms in total. The fraction of sp³-hybridized carbons (Fsp3) is 0.125. The van der Waals surface area contributed by atoms with Gasteiger partial charge in [0.15, 0.2) is 5.65 Å². The maximum Gasteiger partial charge on any atom is 0.264 e. The summed E-state index contributed by atoms with van der Waals surface area (Å²) < 4.78 is 2.91. The molecule has 0 aliphatic heterocycles. The maximum atomic E-state index is 13.6. The Labute approximate surface area is 193 Å². The zero-order valence-electron chi connectivity index (χ0n) is 17.9. The first kappa shape index (κ1) is 20.8. The molecule has 5 aromatic rings. The van der Waals surface area contributed by atoms with Gasteiger partial charge >= 0.3 is 0 Å². The highest BCUT2D eigenvalue weighted by Crippen LogP contribution is 2.26. The second kappa shape index (κ2) is 8.14. The predicted octanol–water partition coefficient (Wildman–Crippen LogP) is 3.88. The molecule has 33 heavy (non-hydrogen) atoms. The molecule has 3 heterocycles. The standard InChI is InChI=1S/C24H19ClN6O2/c1-14(28-23(32)20-15(2)29-31-22(20)26-11-12-27-31)19-13-16-7-6-10-18(25)21(16)24(33)30(19)17-8-4-3-5-9-17/h3-14H,1-2H3,(H,28,32)/t14-/m0/s1. The van der Waals surface area contributed by atoms with Crippen molar-refractivity contribution in [1.29, 1.82) is 0 Å². The van der Waals surface area contributed by atoms with Crippen LogP contribution in [0.1, 0.15) is 34.7 Å². The highest BCUT2D eigenvalue weighted by atomic mass is 35.5. The fourth-order valence-electron chi connectivity index (χ4n) is 4.01. The summed E-state index contributed by atoms with van der Waals surface area (Å²) in [5.41, 5.74) is 2.26. The van der Waals surface area contributed by atoms with Crippen molar-refractivity contribution in [2.45, 2.75) is 19.9 Å². The summed E-state index contributed by atoms with van der Waals surface area (Å²) in [6, 6.07) is 16.0. The Kier molecular flexibility index (Phi) is 5.14. The van der Waals surface area contributed by atoms with E-state index < -0.39 is 6.04 Å². The van der Waals surface area contributed by atoms with Crippen LogP contribution in [0.25, 0.3) is 22.1 Å². The molecule has 0 saturated heterocycles. The number of carbonyl (C=O) groups is 1. The van der Waals surface area contributed by atoms with Gasteiger partial charge < -0.3 is 5.32 Å². The van der Waals surface area contributed by atoms with Crippen LogP contribution >= 0.6 is 11.6 Å². The quantitative estimate of drug-likeness (QED) is 0.441. The SMILES string of the molecule is Cc1nn2nccnc2c1C(=O)N[C@@H](C)c1cc2cccc(Cl)c2c(=O)n1-c1ccccc1. The van der Waals surface area contributed by atoms with Gasteiger partial charge in [-0.25, -0.2) is 4.98 Å². The highest BCUT2D eigenvalue weighted by Gasteiger charge is 2.23. The third kappa shape index (κ3) is 3.54. The Bertz CT molecular complexity index is 1580. The zero-order valence-corrected chi connectivity index (χ0v) is 18.6. The lowest BCUT2D eigenvalue weighted by Crippen LogP contribution is -2.32. The molecule has 0 saturated carbocycles.